The second-order valence-corrected chi connectivity index (χ2v) is 6.36. The third kappa shape index (κ3) is 2.56. The van der Waals surface area contributed by atoms with Crippen molar-refractivity contribution in [1.82, 2.24) is 5.32 Å². The van der Waals surface area contributed by atoms with Gasteiger partial charge in [0.25, 0.3) is 0 Å². The Bertz CT molecular complexity index is 456. The second-order valence-electron chi connectivity index (χ2n) is 5.35. The molecule has 1 N–H and O–H groups in total. The summed E-state index contributed by atoms with van der Waals surface area (Å²) in [5.74, 6) is 1.92. The quantitative estimate of drug-likeness (QED) is 0.837. The van der Waals surface area contributed by atoms with Crippen molar-refractivity contribution < 1.29 is 0 Å². The lowest BCUT2D eigenvalue weighted by Crippen LogP contribution is -2.32. The Kier molecular flexibility index (Phi) is 3.59. The van der Waals surface area contributed by atoms with Crippen molar-refractivity contribution in [2.24, 2.45) is 10.9 Å². The molecule has 96 valence electrons. The summed E-state index contributed by atoms with van der Waals surface area (Å²) in [6.45, 7) is 3.24. The van der Waals surface area contributed by atoms with Gasteiger partial charge in [-0.25, -0.2) is 0 Å². The molecule has 0 bridgehead atoms. The highest BCUT2D eigenvalue weighted by atomic mass is 32.2. The fraction of sp³-hybridized carbons (Fsp3) is 0.533. The van der Waals surface area contributed by atoms with Crippen molar-refractivity contribution in [3.63, 3.8) is 0 Å². The van der Waals surface area contributed by atoms with Gasteiger partial charge in [-0.15, -0.1) is 0 Å². The molecule has 0 fully saturated rings. The third-order valence-electron chi connectivity index (χ3n) is 3.72. The number of nitrogens with one attached hydrogen (secondary N) is 1. The van der Waals surface area contributed by atoms with Gasteiger partial charge >= 0.3 is 0 Å². The molecular formula is C15H20N2S. The third-order valence-corrected chi connectivity index (χ3v) is 4.97. The molecule has 2 atom stereocenters. The Balaban J connectivity index is 1.74. The maximum Gasteiger partial charge on any atom is 0.157 e. The van der Waals surface area contributed by atoms with Gasteiger partial charge in [-0.2, -0.15) is 0 Å². The van der Waals surface area contributed by atoms with E-state index in [4.69, 9.17) is 0 Å². The molecule has 0 amide bonds. The first-order chi connectivity index (χ1) is 8.83. The number of amidine groups is 1. The summed E-state index contributed by atoms with van der Waals surface area (Å²) >= 11 is 1.88. The Morgan fingerprint density at radius 1 is 1.33 bits per heavy atom. The molecule has 1 aliphatic carbocycles. The summed E-state index contributed by atoms with van der Waals surface area (Å²) in [4.78, 5) is 4.65. The topological polar surface area (TPSA) is 24.4 Å². The molecular weight excluding hydrogens is 240 g/mol. The predicted molar refractivity (Wildman–Crippen MR) is 79.2 cm³/mol. The zero-order valence-electron chi connectivity index (χ0n) is 10.9. The van der Waals surface area contributed by atoms with E-state index in [2.05, 4.69) is 41.5 Å². The first-order valence-electron chi connectivity index (χ1n) is 6.84. The van der Waals surface area contributed by atoms with Gasteiger partial charge in [-0.1, -0.05) is 43.0 Å². The van der Waals surface area contributed by atoms with Crippen LogP contribution < -0.4 is 5.32 Å². The van der Waals surface area contributed by atoms with Gasteiger partial charge in [0.1, 0.15) is 0 Å². The molecule has 3 rings (SSSR count). The molecule has 0 aromatic heterocycles. The number of nitrogens with zero attached hydrogens (tertiary/aromatic N) is 1. The molecule has 3 heteroatoms. The van der Waals surface area contributed by atoms with E-state index in [9.17, 15) is 0 Å². The lowest BCUT2D eigenvalue weighted by atomic mass is 9.88. The molecule has 0 spiro atoms. The minimum Gasteiger partial charge on any atom is -0.358 e. The number of benzene rings is 1. The van der Waals surface area contributed by atoms with Crippen LogP contribution in [0, 0.1) is 5.92 Å². The Morgan fingerprint density at radius 3 is 3.06 bits per heavy atom. The van der Waals surface area contributed by atoms with E-state index in [-0.39, 0.29) is 0 Å². The van der Waals surface area contributed by atoms with Crippen LogP contribution in [0.4, 0.5) is 0 Å². The van der Waals surface area contributed by atoms with Crippen molar-refractivity contribution in [2.45, 2.75) is 32.2 Å². The van der Waals surface area contributed by atoms with Gasteiger partial charge in [0.2, 0.25) is 0 Å². The molecule has 1 aromatic carbocycles. The molecule has 1 aromatic rings. The molecule has 1 heterocycles. The summed E-state index contributed by atoms with van der Waals surface area (Å²) in [6, 6.07) is 9.30. The van der Waals surface area contributed by atoms with Gasteiger partial charge < -0.3 is 5.32 Å². The average molecular weight is 260 g/mol. The zero-order chi connectivity index (χ0) is 12.4. The normalized spacial score (nSPS) is 27.3. The smallest absolute Gasteiger partial charge is 0.157 e. The van der Waals surface area contributed by atoms with E-state index < -0.39 is 0 Å². The van der Waals surface area contributed by atoms with Crippen LogP contribution in [-0.2, 0) is 6.42 Å². The summed E-state index contributed by atoms with van der Waals surface area (Å²) < 4.78 is 0. The number of rotatable bonds is 1. The van der Waals surface area contributed by atoms with Crippen LogP contribution in [0.25, 0.3) is 0 Å². The number of hydrogen-bond acceptors (Lipinski definition) is 3. The monoisotopic (exact) mass is 260 g/mol. The average Bonchev–Trinajstić information content (AvgIpc) is 2.42. The summed E-state index contributed by atoms with van der Waals surface area (Å²) in [7, 11) is 0. The standard InChI is InChI=1S/C15H20N2S/c1-11-9-16-15(18-10-11)17-14-8-4-6-12-5-2-3-7-13(12)14/h2-3,5,7,11,14H,4,6,8-10H2,1H3,(H,16,17). The molecule has 1 aliphatic heterocycles. The first kappa shape index (κ1) is 12.1. The van der Waals surface area contributed by atoms with Crippen molar-refractivity contribution in [2.75, 3.05) is 12.3 Å². The van der Waals surface area contributed by atoms with Crippen LogP contribution in [0.5, 0.6) is 0 Å². The second kappa shape index (κ2) is 5.35. The lowest BCUT2D eigenvalue weighted by Gasteiger charge is -2.29. The van der Waals surface area contributed by atoms with E-state index in [1.54, 1.807) is 0 Å². The molecule has 0 saturated heterocycles. The van der Waals surface area contributed by atoms with E-state index in [1.807, 2.05) is 11.8 Å². The predicted octanol–water partition coefficient (Wildman–Crippen LogP) is 3.39. The van der Waals surface area contributed by atoms with Crippen LogP contribution in [0.1, 0.15) is 36.9 Å². The van der Waals surface area contributed by atoms with Crippen LogP contribution in [0.2, 0.25) is 0 Å². The molecule has 0 saturated carbocycles. The minimum absolute atomic E-state index is 0.467. The molecule has 18 heavy (non-hydrogen) atoms. The molecule has 2 aliphatic rings. The van der Waals surface area contributed by atoms with Crippen molar-refractivity contribution in [3.8, 4) is 0 Å². The van der Waals surface area contributed by atoms with Gasteiger partial charge in [0, 0.05) is 12.3 Å². The Hall–Kier alpha value is -0.960. The molecule has 2 unspecified atom stereocenters. The Labute approximate surface area is 113 Å². The number of hydrogen-bond donors (Lipinski definition) is 1. The number of aryl methyl sites for hydroxylation is 1. The van der Waals surface area contributed by atoms with Gasteiger partial charge in [-0.05, 0) is 36.3 Å². The van der Waals surface area contributed by atoms with Gasteiger partial charge in [0.15, 0.2) is 5.17 Å². The molecule has 0 radical (unpaired) electrons. The highest BCUT2D eigenvalue weighted by Crippen LogP contribution is 2.30. The minimum atomic E-state index is 0.467. The van der Waals surface area contributed by atoms with E-state index >= 15 is 0 Å². The van der Waals surface area contributed by atoms with Crippen molar-refractivity contribution in [3.05, 3.63) is 35.4 Å². The number of thioether (sulfide) groups is 1. The Morgan fingerprint density at radius 2 is 2.22 bits per heavy atom. The fourth-order valence-electron chi connectivity index (χ4n) is 2.70. The van der Waals surface area contributed by atoms with Crippen LogP contribution >= 0.6 is 11.8 Å². The van der Waals surface area contributed by atoms with Crippen LogP contribution in [-0.4, -0.2) is 17.5 Å². The van der Waals surface area contributed by atoms with E-state index in [0.717, 1.165) is 17.6 Å². The first-order valence-corrected chi connectivity index (χ1v) is 7.83. The van der Waals surface area contributed by atoms with Crippen molar-refractivity contribution >= 4 is 16.9 Å². The van der Waals surface area contributed by atoms with Crippen LogP contribution in [0.3, 0.4) is 0 Å². The number of fused-ring (bicyclic) bond motifs is 1. The largest absolute Gasteiger partial charge is 0.358 e. The van der Waals surface area contributed by atoms with Crippen molar-refractivity contribution in [1.29, 1.82) is 0 Å². The van der Waals surface area contributed by atoms with Gasteiger partial charge in [0.05, 0.1) is 6.04 Å². The fourth-order valence-corrected chi connectivity index (χ4v) is 3.64. The maximum atomic E-state index is 4.65. The highest BCUT2D eigenvalue weighted by molar-refractivity contribution is 8.13. The SMILES string of the molecule is CC1CN=C(NC2CCCc3ccccc32)SC1. The summed E-state index contributed by atoms with van der Waals surface area (Å²) in [6.07, 6.45) is 3.74. The summed E-state index contributed by atoms with van der Waals surface area (Å²) in [5, 5.41) is 4.80. The van der Waals surface area contributed by atoms with Crippen LogP contribution in [0.15, 0.2) is 29.3 Å². The zero-order valence-corrected chi connectivity index (χ0v) is 11.7. The van der Waals surface area contributed by atoms with E-state index in [1.165, 1.54) is 36.1 Å². The summed E-state index contributed by atoms with van der Waals surface area (Å²) in [5.41, 5.74) is 2.99. The lowest BCUT2D eigenvalue weighted by molar-refractivity contribution is 0.527. The van der Waals surface area contributed by atoms with Gasteiger partial charge in [-0.3, -0.25) is 4.99 Å². The molecule has 2 nitrogen and oxygen atoms in total. The van der Waals surface area contributed by atoms with E-state index in [0.29, 0.717) is 6.04 Å². The highest BCUT2D eigenvalue weighted by Gasteiger charge is 2.22. The maximum absolute atomic E-state index is 4.65. The number of aliphatic imine (C=N–C) groups is 1.